The summed E-state index contributed by atoms with van der Waals surface area (Å²) in [5.41, 5.74) is 5.37. The Kier molecular flexibility index (Phi) is 1.13. The van der Waals surface area contributed by atoms with Gasteiger partial charge in [0.2, 0.25) is 0 Å². The zero-order valence-electron chi connectivity index (χ0n) is 8.59. The Hall–Kier alpha value is -1.38. The fraction of sp³-hybridized carbons (Fsp3) is 0.286. The van der Waals surface area contributed by atoms with Crippen molar-refractivity contribution < 1.29 is 9.47 Å². The van der Waals surface area contributed by atoms with E-state index in [0.717, 1.165) is 0 Å². The quantitative estimate of drug-likeness (QED) is 0.613. The highest BCUT2D eigenvalue weighted by Crippen LogP contribution is 2.52. The second kappa shape index (κ2) is 2.31. The third-order valence-electron chi connectivity index (χ3n) is 4.02. The molecule has 0 saturated carbocycles. The van der Waals surface area contributed by atoms with Gasteiger partial charge in [-0.05, 0) is 34.4 Å². The molecule has 0 aromatic heterocycles. The summed E-state index contributed by atoms with van der Waals surface area (Å²) in [4.78, 5) is 0. The zero-order chi connectivity index (χ0) is 10.3. The molecule has 0 spiro atoms. The maximum Gasteiger partial charge on any atom is 0.102 e. The second-order valence-corrected chi connectivity index (χ2v) is 4.83. The summed E-state index contributed by atoms with van der Waals surface area (Å²) in [5, 5.41) is 0. The highest BCUT2D eigenvalue weighted by Gasteiger charge is 2.40. The van der Waals surface area contributed by atoms with Crippen molar-refractivity contribution in [2.75, 3.05) is 0 Å². The third-order valence-corrected chi connectivity index (χ3v) is 4.02. The van der Waals surface area contributed by atoms with Gasteiger partial charge >= 0.3 is 0 Å². The number of hydrogen-bond acceptors (Lipinski definition) is 2. The summed E-state index contributed by atoms with van der Waals surface area (Å²) in [7, 11) is 0. The second-order valence-electron chi connectivity index (χ2n) is 4.83. The van der Waals surface area contributed by atoms with Crippen LogP contribution in [0.4, 0.5) is 0 Å². The molecule has 0 radical (unpaired) electrons. The van der Waals surface area contributed by atoms with Crippen LogP contribution in [0.3, 0.4) is 0 Å². The van der Waals surface area contributed by atoms with E-state index in [1.165, 1.54) is 22.3 Å². The van der Waals surface area contributed by atoms with E-state index in [0.29, 0.717) is 0 Å². The SMILES string of the molecule is C1=CC2OC1c1cc3c(cc12)C1C=CC3O1. The van der Waals surface area contributed by atoms with Crippen molar-refractivity contribution in [3.63, 3.8) is 0 Å². The van der Waals surface area contributed by atoms with Crippen LogP contribution in [0.25, 0.3) is 0 Å². The molecule has 4 bridgehead atoms. The summed E-state index contributed by atoms with van der Waals surface area (Å²) in [6.45, 7) is 0. The van der Waals surface area contributed by atoms with Crippen LogP contribution in [0.5, 0.6) is 0 Å². The molecule has 0 N–H and O–H groups in total. The standard InChI is InChI=1S/C14H10O2/c1-2-12-8-6-10-9(5-7(8)11(1)15-12)13-3-4-14(10)16-13/h1-6,11-14H. The molecule has 2 heteroatoms. The minimum Gasteiger partial charge on any atom is -0.357 e. The Labute approximate surface area is 93.2 Å². The lowest BCUT2D eigenvalue weighted by molar-refractivity contribution is 0.0840. The molecule has 16 heavy (non-hydrogen) atoms. The molecule has 5 rings (SSSR count). The van der Waals surface area contributed by atoms with E-state index in [1.54, 1.807) is 0 Å². The van der Waals surface area contributed by atoms with Crippen molar-refractivity contribution in [2.45, 2.75) is 24.4 Å². The molecule has 4 heterocycles. The molecule has 0 amide bonds. The minimum absolute atomic E-state index is 0.188. The summed E-state index contributed by atoms with van der Waals surface area (Å²) in [5.74, 6) is 0. The molecular weight excluding hydrogens is 200 g/mol. The number of benzene rings is 1. The van der Waals surface area contributed by atoms with E-state index >= 15 is 0 Å². The van der Waals surface area contributed by atoms with Gasteiger partial charge in [0.1, 0.15) is 24.4 Å². The fourth-order valence-electron chi connectivity index (χ4n) is 3.26. The van der Waals surface area contributed by atoms with Gasteiger partial charge < -0.3 is 9.47 Å². The van der Waals surface area contributed by atoms with Crippen LogP contribution in [-0.4, -0.2) is 0 Å². The molecular formula is C14H10O2. The summed E-state index contributed by atoms with van der Waals surface area (Å²) < 4.78 is 11.7. The lowest BCUT2D eigenvalue weighted by atomic mass is 9.88. The average Bonchev–Trinajstić information content (AvgIpc) is 3.07. The molecule has 4 unspecified atom stereocenters. The van der Waals surface area contributed by atoms with Gasteiger partial charge in [-0.3, -0.25) is 0 Å². The van der Waals surface area contributed by atoms with Crippen LogP contribution >= 0.6 is 0 Å². The highest BCUT2D eigenvalue weighted by molar-refractivity contribution is 5.53. The van der Waals surface area contributed by atoms with Crippen LogP contribution in [0.2, 0.25) is 0 Å². The van der Waals surface area contributed by atoms with E-state index in [4.69, 9.17) is 9.47 Å². The molecule has 1 aromatic carbocycles. The van der Waals surface area contributed by atoms with Gasteiger partial charge in [-0.1, -0.05) is 24.3 Å². The molecule has 4 aliphatic heterocycles. The molecule has 0 saturated heterocycles. The largest absolute Gasteiger partial charge is 0.357 e. The van der Waals surface area contributed by atoms with Gasteiger partial charge in [0.15, 0.2) is 0 Å². The maximum atomic E-state index is 5.84. The lowest BCUT2D eigenvalue weighted by Crippen LogP contribution is -2.00. The fourth-order valence-corrected chi connectivity index (χ4v) is 3.26. The predicted octanol–water partition coefficient (Wildman–Crippen LogP) is 3.05. The molecule has 0 aliphatic carbocycles. The van der Waals surface area contributed by atoms with Crippen LogP contribution in [-0.2, 0) is 9.47 Å². The topological polar surface area (TPSA) is 18.5 Å². The van der Waals surface area contributed by atoms with Gasteiger partial charge in [-0.2, -0.15) is 0 Å². The normalized spacial score (nSPS) is 39.5. The lowest BCUT2D eigenvalue weighted by Gasteiger charge is -2.13. The summed E-state index contributed by atoms with van der Waals surface area (Å²) in [6.07, 6.45) is 9.38. The molecule has 78 valence electrons. The van der Waals surface area contributed by atoms with Gasteiger partial charge in [0, 0.05) is 0 Å². The maximum absolute atomic E-state index is 5.84. The molecule has 2 nitrogen and oxygen atoms in total. The zero-order valence-corrected chi connectivity index (χ0v) is 8.59. The third kappa shape index (κ3) is 0.721. The van der Waals surface area contributed by atoms with Crippen LogP contribution in [0, 0.1) is 0 Å². The van der Waals surface area contributed by atoms with E-state index in [1.807, 2.05) is 0 Å². The van der Waals surface area contributed by atoms with Crippen LogP contribution in [0.15, 0.2) is 36.4 Å². The van der Waals surface area contributed by atoms with Gasteiger partial charge in [0.25, 0.3) is 0 Å². The first-order chi connectivity index (χ1) is 7.90. The van der Waals surface area contributed by atoms with Gasteiger partial charge in [-0.15, -0.1) is 0 Å². The first-order valence-electron chi connectivity index (χ1n) is 5.75. The van der Waals surface area contributed by atoms with Crippen molar-refractivity contribution in [2.24, 2.45) is 0 Å². The number of rotatable bonds is 0. The molecule has 4 aliphatic rings. The summed E-state index contributed by atoms with van der Waals surface area (Å²) >= 11 is 0. The Morgan fingerprint density at radius 3 is 1.19 bits per heavy atom. The van der Waals surface area contributed by atoms with Crippen molar-refractivity contribution in [3.8, 4) is 0 Å². The first-order valence-corrected chi connectivity index (χ1v) is 5.75. The Morgan fingerprint density at radius 1 is 0.562 bits per heavy atom. The Balaban J connectivity index is 1.80. The molecule has 0 fully saturated rings. The van der Waals surface area contributed by atoms with Gasteiger partial charge in [0.05, 0.1) is 0 Å². The van der Waals surface area contributed by atoms with Crippen molar-refractivity contribution >= 4 is 0 Å². The van der Waals surface area contributed by atoms with Crippen LogP contribution < -0.4 is 0 Å². The predicted molar refractivity (Wildman–Crippen MR) is 57.9 cm³/mol. The summed E-state index contributed by atoms with van der Waals surface area (Å²) in [6, 6.07) is 4.57. The van der Waals surface area contributed by atoms with Gasteiger partial charge in [-0.25, -0.2) is 0 Å². The molecule has 4 atom stereocenters. The minimum atomic E-state index is 0.188. The van der Waals surface area contributed by atoms with E-state index in [2.05, 4.69) is 36.4 Å². The van der Waals surface area contributed by atoms with E-state index in [-0.39, 0.29) is 24.4 Å². The van der Waals surface area contributed by atoms with Crippen molar-refractivity contribution in [3.05, 3.63) is 58.7 Å². The molecule has 1 aromatic rings. The average molecular weight is 210 g/mol. The Bertz CT molecular complexity index is 476. The first kappa shape index (κ1) is 7.82. The highest BCUT2D eigenvalue weighted by atomic mass is 16.5. The number of hydrogen-bond donors (Lipinski definition) is 0. The Morgan fingerprint density at radius 2 is 0.875 bits per heavy atom. The monoisotopic (exact) mass is 210 g/mol. The van der Waals surface area contributed by atoms with Crippen molar-refractivity contribution in [1.29, 1.82) is 0 Å². The smallest absolute Gasteiger partial charge is 0.102 e. The van der Waals surface area contributed by atoms with Crippen LogP contribution in [0.1, 0.15) is 46.7 Å². The van der Waals surface area contributed by atoms with Crippen molar-refractivity contribution in [1.82, 2.24) is 0 Å². The van der Waals surface area contributed by atoms with E-state index < -0.39 is 0 Å². The van der Waals surface area contributed by atoms with E-state index in [9.17, 15) is 0 Å². The number of ether oxygens (including phenoxy) is 2. The number of fused-ring (bicyclic) bond motifs is 10.